The predicted octanol–water partition coefficient (Wildman–Crippen LogP) is 1.09. The van der Waals surface area contributed by atoms with Crippen molar-refractivity contribution in [1.29, 1.82) is 0 Å². The van der Waals surface area contributed by atoms with E-state index in [-0.39, 0.29) is 23.4 Å². The number of ether oxygens (including phenoxy) is 2. The van der Waals surface area contributed by atoms with Crippen molar-refractivity contribution in [1.82, 2.24) is 0 Å². The Hall–Kier alpha value is -0.120. The summed E-state index contributed by atoms with van der Waals surface area (Å²) in [5, 5.41) is 0. The summed E-state index contributed by atoms with van der Waals surface area (Å²) in [6.07, 6.45) is 1.15. The van der Waals surface area contributed by atoms with Gasteiger partial charge in [0.25, 0.3) is 0 Å². The van der Waals surface area contributed by atoms with Gasteiger partial charge in [0, 0.05) is 6.42 Å². The average Bonchev–Trinajstić information content (AvgIpc) is 1.96. The first-order chi connectivity index (χ1) is 7.12. The van der Waals surface area contributed by atoms with Crippen LogP contribution in [0.1, 0.15) is 41.0 Å². The van der Waals surface area contributed by atoms with Crippen LogP contribution in [0.2, 0.25) is 0 Å². The Labute approximate surface area is 100 Å². The summed E-state index contributed by atoms with van der Waals surface area (Å²) in [7, 11) is 4.33. The Balaban J connectivity index is 2.71. The van der Waals surface area contributed by atoms with Crippen molar-refractivity contribution >= 4 is 0 Å². The fourth-order valence-electron chi connectivity index (χ4n) is 2.66. The summed E-state index contributed by atoms with van der Waals surface area (Å²) in [5.41, 5.74) is -0.0218. The molecule has 0 aromatic carbocycles. The fourth-order valence-corrected chi connectivity index (χ4v) is 2.66. The molecule has 1 heterocycles. The number of rotatable bonds is 3. The standard InChI is InChI=1S/C13H27NO2/c1-10-8-13(4,5)16-11(15-10)12(2,3)9-14(6)7/h10-11H,8-9H2,1-7H3/p+1/t10-,11-/m0/s1. The molecular weight excluding hydrogens is 202 g/mol. The molecule has 0 aromatic heterocycles. The van der Waals surface area contributed by atoms with Gasteiger partial charge >= 0.3 is 0 Å². The zero-order valence-corrected chi connectivity index (χ0v) is 11.9. The maximum absolute atomic E-state index is 6.07. The molecule has 16 heavy (non-hydrogen) atoms. The average molecular weight is 230 g/mol. The predicted molar refractivity (Wildman–Crippen MR) is 65.6 cm³/mol. The lowest BCUT2D eigenvalue weighted by Gasteiger charge is -2.45. The SMILES string of the molecule is C[C@H]1CC(C)(C)O[C@@H](C(C)(C)C[NH+](C)C)O1. The maximum Gasteiger partial charge on any atom is 0.169 e. The van der Waals surface area contributed by atoms with Gasteiger partial charge in [-0.15, -0.1) is 0 Å². The topological polar surface area (TPSA) is 22.9 Å². The smallest absolute Gasteiger partial charge is 0.169 e. The van der Waals surface area contributed by atoms with Gasteiger partial charge in [0.2, 0.25) is 0 Å². The quantitative estimate of drug-likeness (QED) is 0.784. The van der Waals surface area contributed by atoms with E-state index in [0.29, 0.717) is 0 Å². The molecule has 1 fully saturated rings. The first-order valence-electron chi connectivity index (χ1n) is 6.25. The molecule has 0 radical (unpaired) electrons. The van der Waals surface area contributed by atoms with Gasteiger partial charge in [0.05, 0.1) is 37.8 Å². The lowest BCUT2D eigenvalue weighted by Crippen LogP contribution is -3.07. The molecule has 0 unspecified atom stereocenters. The van der Waals surface area contributed by atoms with E-state index in [4.69, 9.17) is 9.47 Å². The Kier molecular flexibility index (Phi) is 4.04. The van der Waals surface area contributed by atoms with Gasteiger partial charge in [-0.25, -0.2) is 0 Å². The molecule has 2 atom stereocenters. The molecule has 1 rings (SSSR count). The van der Waals surface area contributed by atoms with Gasteiger partial charge in [-0.3, -0.25) is 0 Å². The molecule has 1 aliphatic heterocycles. The molecule has 0 spiro atoms. The fraction of sp³-hybridized carbons (Fsp3) is 1.00. The van der Waals surface area contributed by atoms with E-state index in [1.54, 1.807) is 0 Å². The van der Waals surface area contributed by atoms with Crippen LogP contribution in [0.15, 0.2) is 0 Å². The lowest BCUT2D eigenvalue weighted by molar-refractivity contribution is -0.866. The highest BCUT2D eigenvalue weighted by molar-refractivity contribution is 4.83. The largest absolute Gasteiger partial charge is 0.349 e. The van der Waals surface area contributed by atoms with Crippen LogP contribution in [0, 0.1) is 5.41 Å². The molecule has 1 N–H and O–H groups in total. The molecule has 0 aromatic rings. The molecule has 0 amide bonds. The number of hydrogen-bond donors (Lipinski definition) is 1. The molecule has 0 aliphatic carbocycles. The van der Waals surface area contributed by atoms with Gasteiger partial charge in [-0.05, 0) is 34.6 Å². The van der Waals surface area contributed by atoms with Crippen LogP contribution in [-0.4, -0.2) is 38.6 Å². The molecule has 1 aliphatic rings. The Morgan fingerprint density at radius 2 is 1.88 bits per heavy atom. The number of quaternary nitrogens is 1. The minimum Gasteiger partial charge on any atom is -0.349 e. The molecule has 3 heteroatoms. The molecule has 3 nitrogen and oxygen atoms in total. The highest BCUT2D eigenvalue weighted by atomic mass is 16.7. The van der Waals surface area contributed by atoms with E-state index in [9.17, 15) is 0 Å². The van der Waals surface area contributed by atoms with Crippen molar-refractivity contribution < 1.29 is 14.4 Å². The van der Waals surface area contributed by atoms with Gasteiger partial charge in [0.15, 0.2) is 6.29 Å². The second-order valence-corrected chi connectivity index (χ2v) is 6.73. The lowest BCUT2D eigenvalue weighted by atomic mass is 9.89. The minimum absolute atomic E-state index is 0.0464. The highest BCUT2D eigenvalue weighted by Gasteiger charge is 2.42. The van der Waals surface area contributed by atoms with E-state index in [1.165, 1.54) is 4.90 Å². The van der Waals surface area contributed by atoms with Crippen LogP contribution in [0.3, 0.4) is 0 Å². The van der Waals surface area contributed by atoms with Crippen molar-refractivity contribution in [2.24, 2.45) is 5.41 Å². The second kappa shape index (κ2) is 4.63. The van der Waals surface area contributed by atoms with Gasteiger partial charge in [-0.2, -0.15) is 0 Å². The van der Waals surface area contributed by atoms with Crippen molar-refractivity contribution in [2.45, 2.75) is 59.0 Å². The van der Waals surface area contributed by atoms with E-state index < -0.39 is 0 Å². The van der Waals surface area contributed by atoms with E-state index in [2.05, 4.69) is 48.7 Å². The zero-order chi connectivity index (χ0) is 12.6. The van der Waals surface area contributed by atoms with Crippen LogP contribution in [-0.2, 0) is 9.47 Å². The maximum atomic E-state index is 6.07. The third kappa shape index (κ3) is 3.72. The molecule has 0 saturated carbocycles. The monoisotopic (exact) mass is 230 g/mol. The second-order valence-electron chi connectivity index (χ2n) is 6.73. The zero-order valence-electron chi connectivity index (χ0n) is 11.9. The van der Waals surface area contributed by atoms with Gasteiger partial charge in [0.1, 0.15) is 0 Å². The Morgan fingerprint density at radius 3 is 2.31 bits per heavy atom. The molecule has 1 saturated heterocycles. The molecule has 96 valence electrons. The first kappa shape index (κ1) is 13.9. The molecule has 0 bridgehead atoms. The van der Waals surface area contributed by atoms with E-state index in [1.807, 2.05) is 0 Å². The summed E-state index contributed by atoms with van der Waals surface area (Å²) in [6.45, 7) is 11.9. The summed E-state index contributed by atoms with van der Waals surface area (Å²) in [4.78, 5) is 1.42. The van der Waals surface area contributed by atoms with E-state index in [0.717, 1.165) is 13.0 Å². The van der Waals surface area contributed by atoms with E-state index >= 15 is 0 Å². The summed E-state index contributed by atoms with van der Waals surface area (Å²) < 4.78 is 12.0. The van der Waals surface area contributed by atoms with Crippen LogP contribution >= 0.6 is 0 Å². The number of hydrogen-bond acceptors (Lipinski definition) is 2. The third-order valence-corrected chi connectivity index (χ3v) is 3.01. The summed E-state index contributed by atoms with van der Waals surface area (Å²) >= 11 is 0. The minimum atomic E-state index is -0.0962. The highest BCUT2D eigenvalue weighted by Crippen LogP contribution is 2.35. The summed E-state index contributed by atoms with van der Waals surface area (Å²) in [5.74, 6) is 0. The van der Waals surface area contributed by atoms with Crippen molar-refractivity contribution in [2.75, 3.05) is 20.6 Å². The number of nitrogens with one attached hydrogen (secondary N) is 1. The van der Waals surface area contributed by atoms with Gasteiger partial charge < -0.3 is 14.4 Å². The van der Waals surface area contributed by atoms with Crippen molar-refractivity contribution in [3.63, 3.8) is 0 Å². The summed E-state index contributed by atoms with van der Waals surface area (Å²) in [6, 6.07) is 0. The third-order valence-electron chi connectivity index (χ3n) is 3.01. The van der Waals surface area contributed by atoms with Gasteiger partial charge in [-0.1, -0.05) is 0 Å². The van der Waals surface area contributed by atoms with Crippen LogP contribution in [0.5, 0.6) is 0 Å². The van der Waals surface area contributed by atoms with Crippen LogP contribution in [0.4, 0.5) is 0 Å². The molecular formula is C13H28NO2+. The Bertz CT molecular complexity index is 236. The van der Waals surface area contributed by atoms with Crippen LogP contribution < -0.4 is 4.90 Å². The normalized spacial score (nSPS) is 30.8. The first-order valence-corrected chi connectivity index (χ1v) is 6.25. The van der Waals surface area contributed by atoms with Crippen molar-refractivity contribution in [3.05, 3.63) is 0 Å². The van der Waals surface area contributed by atoms with Crippen LogP contribution in [0.25, 0.3) is 0 Å². The van der Waals surface area contributed by atoms with Crippen molar-refractivity contribution in [3.8, 4) is 0 Å². The Morgan fingerprint density at radius 1 is 1.31 bits per heavy atom.